The zero-order valence-corrected chi connectivity index (χ0v) is 10.2. The van der Waals surface area contributed by atoms with Gasteiger partial charge in [0, 0.05) is 18.1 Å². The molecule has 0 aliphatic heterocycles. The Kier molecular flexibility index (Phi) is 2.89. The quantitative estimate of drug-likeness (QED) is 0.823. The minimum absolute atomic E-state index is 0.215. The SMILES string of the molecule is CS(=O)(=O)c1cnn(Cc2ccccc2N)c1. The van der Waals surface area contributed by atoms with E-state index in [-0.39, 0.29) is 4.90 Å². The predicted molar refractivity (Wildman–Crippen MR) is 65.3 cm³/mol. The molecule has 0 radical (unpaired) electrons. The third-order valence-electron chi connectivity index (χ3n) is 2.43. The molecule has 2 N–H and O–H groups in total. The molecule has 0 unspecified atom stereocenters. The molecule has 0 saturated heterocycles. The lowest BCUT2D eigenvalue weighted by Gasteiger charge is -2.04. The number of rotatable bonds is 3. The van der Waals surface area contributed by atoms with Crippen molar-refractivity contribution >= 4 is 15.5 Å². The molecular weight excluding hydrogens is 238 g/mol. The number of aromatic nitrogens is 2. The van der Waals surface area contributed by atoms with Crippen LogP contribution in [0.5, 0.6) is 0 Å². The van der Waals surface area contributed by atoms with Crippen LogP contribution in [0, 0.1) is 0 Å². The van der Waals surface area contributed by atoms with Gasteiger partial charge in [-0.05, 0) is 11.6 Å². The number of nitrogen functional groups attached to an aromatic ring is 1. The van der Waals surface area contributed by atoms with E-state index in [1.165, 1.54) is 12.4 Å². The zero-order chi connectivity index (χ0) is 12.5. The fourth-order valence-corrected chi connectivity index (χ4v) is 2.03. The summed E-state index contributed by atoms with van der Waals surface area (Å²) in [6, 6.07) is 7.42. The standard InChI is InChI=1S/C11H13N3O2S/c1-17(15,16)10-6-13-14(8-10)7-9-4-2-3-5-11(9)12/h2-6,8H,7,12H2,1H3. The smallest absolute Gasteiger partial charge is 0.178 e. The Morgan fingerprint density at radius 3 is 2.65 bits per heavy atom. The predicted octanol–water partition coefficient (Wildman–Crippen LogP) is 0.917. The van der Waals surface area contributed by atoms with Crippen molar-refractivity contribution in [2.24, 2.45) is 0 Å². The molecule has 0 atom stereocenters. The maximum absolute atomic E-state index is 11.3. The molecular formula is C11H13N3O2S. The number of benzene rings is 1. The van der Waals surface area contributed by atoms with Crippen molar-refractivity contribution in [3.8, 4) is 0 Å². The highest BCUT2D eigenvalue weighted by Crippen LogP contribution is 2.13. The molecule has 6 heteroatoms. The first-order valence-corrected chi connectivity index (χ1v) is 6.92. The molecule has 90 valence electrons. The first-order valence-electron chi connectivity index (χ1n) is 5.03. The van der Waals surface area contributed by atoms with Gasteiger partial charge in [0.2, 0.25) is 0 Å². The number of para-hydroxylation sites is 1. The van der Waals surface area contributed by atoms with Gasteiger partial charge < -0.3 is 5.73 Å². The number of nitrogens with two attached hydrogens (primary N) is 1. The Bertz CT molecular complexity index is 632. The Hall–Kier alpha value is -1.82. The minimum Gasteiger partial charge on any atom is -0.398 e. The Morgan fingerprint density at radius 1 is 1.35 bits per heavy atom. The van der Waals surface area contributed by atoms with Crippen LogP contribution in [-0.2, 0) is 16.4 Å². The second-order valence-electron chi connectivity index (χ2n) is 3.84. The number of sulfone groups is 1. The lowest BCUT2D eigenvalue weighted by molar-refractivity contribution is 0.601. The van der Waals surface area contributed by atoms with E-state index in [0.29, 0.717) is 12.2 Å². The van der Waals surface area contributed by atoms with Crippen LogP contribution in [0.4, 0.5) is 5.69 Å². The maximum atomic E-state index is 11.3. The molecule has 2 rings (SSSR count). The first kappa shape index (κ1) is 11.7. The molecule has 0 aliphatic carbocycles. The van der Waals surface area contributed by atoms with Gasteiger partial charge in [0.05, 0.1) is 12.7 Å². The van der Waals surface area contributed by atoms with Gasteiger partial charge in [0.25, 0.3) is 0 Å². The number of nitrogens with zero attached hydrogens (tertiary/aromatic N) is 2. The summed E-state index contributed by atoms with van der Waals surface area (Å²) in [5.41, 5.74) is 7.38. The summed E-state index contributed by atoms with van der Waals surface area (Å²) in [7, 11) is -3.20. The summed E-state index contributed by atoms with van der Waals surface area (Å²) in [6.45, 7) is 0.461. The summed E-state index contributed by atoms with van der Waals surface area (Å²) >= 11 is 0. The van der Waals surface area contributed by atoms with Crippen molar-refractivity contribution in [1.82, 2.24) is 9.78 Å². The van der Waals surface area contributed by atoms with Crippen LogP contribution in [0.1, 0.15) is 5.56 Å². The Balaban J connectivity index is 2.26. The van der Waals surface area contributed by atoms with Gasteiger partial charge in [-0.2, -0.15) is 5.10 Å². The zero-order valence-electron chi connectivity index (χ0n) is 9.37. The van der Waals surface area contributed by atoms with E-state index in [2.05, 4.69) is 5.10 Å². The van der Waals surface area contributed by atoms with Crippen LogP contribution >= 0.6 is 0 Å². The third-order valence-corrected chi connectivity index (χ3v) is 3.49. The van der Waals surface area contributed by atoms with Crippen molar-refractivity contribution in [1.29, 1.82) is 0 Å². The van der Waals surface area contributed by atoms with Crippen molar-refractivity contribution in [2.45, 2.75) is 11.4 Å². The summed E-state index contributed by atoms with van der Waals surface area (Å²) in [4.78, 5) is 0.215. The number of hydrogen-bond donors (Lipinski definition) is 1. The van der Waals surface area contributed by atoms with Crippen molar-refractivity contribution in [3.05, 3.63) is 42.2 Å². The van der Waals surface area contributed by atoms with E-state index in [4.69, 9.17) is 5.73 Å². The van der Waals surface area contributed by atoms with Crippen LogP contribution in [0.25, 0.3) is 0 Å². The first-order chi connectivity index (χ1) is 7.97. The molecule has 1 aromatic carbocycles. The Labute approximate surface area is 99.8 Å². The van der Waals surface area contributed by atoms with Crippen molar-refractivity contribution in [3.63, 3.8) is 0 Å². The van der Waals surface area contributed by atoms with Crippen LogP contribution in [0.15, 0.2) is 41.6 Å². The highest BCUT2D eigenvalue weighted by Gasteiger charge is 2.10. The molecule has 5 nitrogen and oxygen atoms in total. The normalized spacial score (nSPS) is 11.6. The highest BCUT2D eigenvalue weighted by molar-refractivity contribution is 7.90. The summed E-state index contributed by atoms with van der Waals surface area (Å²) in [5, 5.41) is 4.00. The Morgan fingerprint density at radius 2 is 2.06 bits per heavy atom. The monoisotopic (exact) mass is 251 g/mol. The number of hydrogen-bond acceptors (Lipinski definition) is 4. The van der Waals surface area contributed by atoms with Gasteiger partial charge in [-0.15, -0.1) is 0 Å². The second kappa shape index (κ2) is 4.21. The topological polar surface area (TPSA) is 78.0 Å². The van der Waals surface area contributed by atoms with Gasteiger partial charge >= 0.3 is 0 Å². The minimum atomic E-state index is -3.20. The van der Waals surface area contributed by atoms with E-state index in [0.717, 1.165) is 11.8 Å². The van der Waals surface area contributed by atoms with Gasteiger partial charge in [0.1, 0.15) is 4.90 Å². The van der Waals surface area contributed by atoms with Gasteiger partial charge in [0.15, 0.2) is 9.84 Å². The number of anilines is 1. The maximum Gasteiger partial charge on any atom is 0.178 e. The van der Waals surface area contributed by atoms with Crippen LogP contribution in [0.3, 0.4) is 0 Å². The van der Waals surface area contributed by atoms with Crippen LogP contribution in [-0.4, -0.2) is 24.5 Å². The molecule has 0 bridgehead atoms. The van der Waals surface area contributed by atoms with Gasteiger partial charge in [-0.25, -0.2) is 8.42 Å². The molecule has 2 aromatic rings. The molecule has 0 fully saturated rings. The lowest BCUT2D eigenvalue weighted by atomic mass is 10.2. The van der Waals surface area contributed by atoms with E-state index in [9.17, 15) is 8.42 Å². The lowest BCUT2D eigenvalue weighted by Crippen LogP contribution is -2.03. The van der Waals surface area contributed by atoms with E-state index < -0.39 is 9.84 Å². The summed E-state index contributed by atoms with van der Waals surface area (Å²) in [6.07, 6.45) is 4.00. The molecule has 0 aliphatic rings. The van der Waals surface area contributed by atoms with Crippen LogP contribution in [0.2, 0.25) is 0 Å². The molecule has 17 heavy (non-hydrogen) atoms. The van der Waals surface area contributed by atoms with Crippen LogP contribution < -0.4 is 5.73 Å². The average Bonchev–Trinajstić information content (AvgIpc) is 2.69. The van der Waals surface area contributed by atoms with Gasteiger partial charge in [-0.1, -0.05) is 18.2 Å². The van der Waals surface area contributed by atoms with E-state index in [1.54, 1.807) is 10.7 Å². The molecule has 1 heterocycles. The highest BCUT2D eigenvalue weighted by atomic mass is 32.2. The van der Waals surface area contributed by atoms with Gasteiger partial charge in [-0.3, -0.25) is 4.68 Å². The second-order valence-corrected chi connectivity index (χ2v) is 5.86. The van der Waals surface area contributed by atoms with Crippen molar-refractivity contribution in [2.75, 3.05) is 12.0 Å². The molecule has 1 aromatic heterocycles. The summed E-state index contributed by atoms with van der Waals surface area (Å²) in [5.74, 6) is 0. The largest absolute Gasteiger partial charge is 0.398 e. The molecule has 0 amide bonds. The third kappa shape index (κ3) is 2.65. The van der Waals surface area contributed by atoms with E-state index >= 15 is 0 Å². The molecule has 0 saturated carbocycles. The van der Waals surface area contributed by atoms with E-state index in [1.807, 2.05) is 18.2 Å². The summed E-state index contributed by atoms with van der Waals surface area (Å²) < 4.78 is 24.1. The fourth-order valence-electron chi connectivity index (χ4n) is 1.48. The fraction of sp³-hybridized carbons (Fsp3) is 0.182. The average molecular weight is 251 g/mol. The molecule has 0 spiro atoms. The van der Waals surface area contributed by atoms with Crippen molar-refractivity contribution < 1.29 is 8.42 Å².